The molecule has 1 aliphatic rings. The standard InChI is InChI=1S/C12H18N6O4S2/c1-21-9(19)5-3-8(16-18-12(14)24)6(10(20)22-2)4-7(5)15-17-11(13)23/h5-6H,3-4H2,1-2H3,(H3,13,17,23)(H3,14,18,24)/b15-7-,16-8+/t5-,6-/m0/s1. The van der Waals surface area contributed by atoms with Gasteiger partial charge in [0.15, 0.2) is 10.2 Å². The van der Waals surface area contributed by atoms with Gasteiger partial charge in [-0.3, -0.25) is 20.4 Å². The number of esters is 2. The minimum atomic E-state index is -0.760. The van der Waals surface area contributed by atoms with E-state index < -0.39 is 23.8 Å². The SMILES string of the molecule is COC(=O)[C@H]1C/C(=N\NC(N)=S)[C@@H](C(=O)OC)C/C1=N/NC(N)=S. The van der Waals surface area contributed by atoms with Crippen molar-refractivity contribution >= 4 is 58.0 Å². The summed E-state index contributed by atoms with van der Waals surface area (Å²) >= 11 is 9.37. The van der Waals surface area contributed by atoms with Crippen molar-refractivity contribution in [1.29, 1.82) is 0 Å². The molecule has 0 aromatic heterocycles. The summed E-state index contributed by atoms with van der Waals surface area (Å²) in [6, 6.07) is 0. The first kappa shape index (κ1) is 19.7. The van der Waals surface area contributed by atoms with Gasteiger partial charge in [0.1, 0.15) is 11.8 Å². The maximum Gasteiger partial charge on any atom is 0.314 e. The predicted octanol–water partition coefficient (Wildman–Crippen LogP) is -1.26. The Labute approximate surface area is 149 Å². The number of nitrogens with zero attached hydrogens (tertiary/aromatic N) is 2. The third kappa shape index (κ3) is 5.38. The first-order valence-electron chi connectivity index (χ1n) is 6.69. The second-order valence-electron chi connectivity index (χ2n) is 4.72. The zero-order valence-electron chi connectivity index (χ0n) is 13.1. The number of ether oxygens (including phenoxy) is 2. The van der Waals surface area contributed by atoms with Gasteiger partial charge in [0, 0.05) is 12.8 Å². The number of thiocarbonyl (C=S) groups is 2. The van der Waals surface area contributed by atoms with Crippen molar-refractivity contribution in [3.8, 4) is 0 Å². The van der Waals surface area contributed by atoms with Gasteiger partial charge in [-0.05, 0) is 24.4 Å². The van der Waals surface area contributed by atoms with Crippen LogP contribution >= 0.6 is 24.4 Å². The second-order valence-corrected chi connectivity index (χ2v) is 5.60. The van der Waals surface area contributed by atoms with Crippen LogP contribution in [0.5, 0.6) is 0 Å². The first-order chi connectivity index (χ1) is 11.3. The molecule has 0 bridgehead atoms. The summed E-state index contributed by atoms with van der Waals surface area (Å²) in [5.74, 6) is -2.59. The number of nitrogens with two attached hydrogens (primary N) is 2. The van der Waals surface area contributed by atoms with E-state index >= 15 is 0 Å². The number of hydrogen-bond donors (Lipinski definition) is 4. The molecule has 12 heteroatoms. The molecule has 1 fully saturated rings. The largest absolute Gasteiger partial charge is 0.469 e. The summed E-state index contributed by atoms with van der Waals surface area (Å²) in [6.07, 6.45) is 0.139. The summed E-state index contributed by atoms with van der Waals surface area (Å²) in [6.45, 7) is 0. The molecule has 0 radical (unpaired) electrons. The Balaban J connectivity index is 3.19. The zero-order chi connectivity index (χ0) is 18.3. The Hall–Kier alpha value is -2.34. The van der Waals surface area contributed by atoms with Gasteiger partial charge in [-0.15, -0.1) is 0 Å². The molecule has 0 saturated heterocycles. The lowest BCUT2D eigenvalue weighted by molar-refractivity contribution is -0.145. The third-order valence-corrected chi connectivity index (χ3v) is 3.40. The Kier molecular flexibility index (Phi) is 7.45. The number of carbonyl (C=O) groups excluding carboxylic acids is 2. The molecule has 10 nitrogen and oxygen atoms in total. The number of hydrogen-bond acceptors (Lipinski definition) is 8. The first-order valence-corrected chi connectivity index (χ1v) is 7.51. The van der Waals surface area contributed by atoms with Crippen LogP contribution in [0.3, 0.4) is 0 Å². The van der Waals surface area contributed by atoms with Crippen LogP contribution in [0.4, 0.5) is 0 Å². The van der Waals surface area contributed by atoms with E-state index in [1.807, 2.05) is 0 Å². The van der Waals surface area contributed by atoms with Crippen LogP contribution in [0.25, 0.3) is 0 Å². The lowest BCUT2D eigenvalue weighted by atomic mass is 9.79. The van der Waals surface area contributed by atoms with Crippen molar-refractivity contribution in [2.24, 2.45) is 33.5 Å². The van der Waals surface area contributed by atoms with E-state index in [1.54, 1.807) is 0 Å². The van der Waals surface area contributed by atoms with Crippen LogP contribution in [0.15, 0.2) is 10.2 Å². The lowest BCUT2D eigenvalue weighted by Crippen LogP contribution is -2.43. The minimum Gasteiger partial charge on any atom is -0.469 e. The average Bonchev–Trinajstić information content (AvgIpc) is 2.56. The van der Waals surface area contributed by atoms with Gasteiger partial charge >= 0.3 is 11.9 Å². The molecule has 24 heavy (non-hydrogen) atoms. The van der Waals surface area contributed by atoms with Gasteiger partial charge in [0.25, 0.3) is 0 Å². The fourth-order valence-electron chi connectivity index (χ4n) is 2.16. The summed E-state index contributed by atoms with van der Waals surface area (Å²) in [4.78, 5) is 24.0. The fraction of sp³-hybridized carbons (Fsp3) is 0.500. The van der Waals surface area contributed by atoms with Crippen molar-refractivity contribution in [3.63, 3.8) is 0 Å². The van der Waals surface area contributed by atoms with E-state index in [2.05, 4.69) is 45.5 Å². The highest BCUT2D eigenvalue weighted by Crippen LogP contribution is 2.27. The maximum absolute atomic E-state index is 12.0. The number of methoxy groups -OCH3 is 2. The molecule has 1 saturated carbocycles. The maximum atomic E-state index is 12.0. The van der Waals surface area contributed by atoms with Crippen LogP contribution in [-0.4, -0.2) is 47.8 Å². The smallest absolute Gasteiger partial charge is 0.314 e. The molecule has 0 amide bonds. The van der Waals surface area contributed by atoms with E-state index in [0.717, 1.165) is 0 Å². The number of rotatable bonds is 4. The van der Waals surface area contributed by atoms with Gasteiger partial charge in [0.2, 0.25) is 0 Å². The predicted molar refractivity (Wildman–Crippen MR) is 95.0 cm³/mol. The van der Waals surface area contributed by atoms with E-state index in [1.165, 1.54) is 14.2 Å². The minimum absolute atomic E-state index is 0.0693. The van der Waals surface area contributed by atoms with E-state index in [-0.39, 0.29) is 23.1 Å². The summed E-state index contributed by atoms with van der Waals surface area (Å²) in [5.41, 5.74) is 16.2. The van der Waals surface area contributed by atoms with Crippen LogP contribution in [0.2, 0.25) is 0 Å². The van der Waals surface area contributed by atoms with Crippen LogP contribution in [0.1, 0.15) is 12.8 Å². The molecule has 0 heterocycles. The van der Waals surface area contributed by atoms with Crippen molar-refractivity contribution in [2.45, 2.75) is 12.8 Å². The number of carbonyl (C=O) groups is 2. The Morgan fingerprint density at radius 2 is 1.29 bits per heavy atom. The Morgan fingerprint density at radius 3 is 1.54 bits per heavy atom. The van der Waals surface area contributed by atoms with Gasteiger partial charge in [0.05, 0.1) is 25.6 Å². The molecule has 0 unspecified atom stereocenters. The van der Waals surface area contributed by atoms with Crippen molar-refractivity contribution in [2.75, 3.05) is 14.2 Å². The highest BCUT2D eigenvalue weighted by Gasteiger charge is 2.40. The highest BCUT2D eigenvalue weighted by molar-refractivity contribution is 7.80. The molecule has 0 aromatic carbocycles. The van der Waals surface area contributed by atoms with Crippen molar-refractivity contribution in [3.05, 3.63) is 0 Å². The molecule has 1 aliphatic carbocycles. The average molecular weight is 374 g/mol. The van der Waals surface area contributed by atoms with Gasteiger partial charge in [-0.1, -0.05) is 0 Å². The normalized spacial score (nSPS) is 23.4. The quantitative estimate of drug-likeness (QED) is 0.266. The van der Waals surface area contributed by atoms with Crippen LogP contribution < -0.4 is 22.3 Å². The topological polar surface area (TPSA) is 153 Å². The second kappa shape index (κ2) is 9.08. The number of hydrazone groups is 2. The molecular formula is C12H18N6O4S2. The summed E-state index contributed by atoms with van der Waals surface area (Å²) in [5, 5.41) is 7.84. The monoisotopic (exact) mass is 374 g/mol. The molecule has 0 spiro atoms. The van der Waals surface area contributed by atoms with Crippen LogP contribution in [-0.2, 0) is 19.1 Å². The fourth-order valence-corrected chi connectivity index (χ4v) is 2.25. The van der Waals surface area contributed by atoms with E-state index in [4.69, 9.17) is 20.9 Å². The molecule has 1 rings (SSSR count). The van der Waals surface area contributed by atoms with Crippen LogP contribution in [0, 0.1) is 11.8 Å². The van der Waals surface area contributed by atoms with E-state index in [0.29, 0.717) is 11.4 Å². The Bertz CT molecular complexity index is 554. The zero-order valence-corrected chi connectivity index (χ0v) is 14.7. The third-order valence-electron chi connectivity index (χ3n) is 3.22. The molecular weight excluding hydrogens is 356 g/mol. The molecule has 2 atom stereocenters. The highest BCUT2D eigenvalue weighted by atomic mass is 32.1. The summed E-state index contributed by atoms with van der Waals surface area (Å²) < 4.78 is 9.54. The Morgan fingerprint density at radius 1 is 0.958 bits per heavy atom. The van der Waals surface area contributed by atoms with Crippen molar-refractivity contribution < 1.29 is 19.1 Å². The van der Waals surface area contributed by atoms with Gasteiger partial charge < -0.3 is 20.9 Å². The van der Waals surface area contributed by atoms with Gasteiger partial charge in [-0.25, -0.2) is 0 Å². The molecule has 0 aliphatic heterocycles. The van der Waals surface area contributed by atoms with Gasteiger partial charge in [-0.2, -0.15) is 10.2 Å². The van der Waals surface area contributed by atoms with Crippen molar-refractivity contribution in [1.82, 2.24) is 10.9 Å². The molecule has 6 N–H and O–H groups in total. The number of nitrogens with one attached hydrogen (secondary N) is 2. The molecule has 132 valence electrons. The molecule has 0 aromatic rings. The summed E-state index contributed by atoms with van der Waals surface area (Å²) in [7, 11) is 2.49. The lowest BCUT2D eigenvalue weighted by Gasteiger charge is -2.28. The van der Waals surface area contributed by atoms with E-state index in [9.17, 15) is 9.59 Å².